The average molecular weight is 500 g/mol. The first kappa shape index (κ1) is 21.4. The maximum atomic E-state index is 15.9. The molecule has 34 heavy (non-hydrogen) atoms. The molecule has 2 fully saturated rings. The first-order valence-corrected chi connectivity index (χ1v) is 11.7. The minimum atomic E-state index is -0.719. The van der Waals surface area contributed by atoms with Crippen molar-refractivity contribution in [1.29, 1.82) is 5.26 Å². The van der Waals surface area contributed by atoms with Gasteiger partial charge in [0, 0.05) is 29.1 Å². The van der Waals surface area contributed by atoms with Gasteiger partial charge in [-0.2, -0.15) is 15.3 Å². The largest absolute Gasteiger partial charge is 0.461 e. The van der Waals surface area contributed by atoms with E-state index < -0.39 is 11.6 Å². The van der Waals surface area contributed by atoms with E-state index in [4.69, 9.17) is 26.9 Å². The molecule has 1 atom stereocenters. The fourth-order valence-electron chi connectivity index (χ4n) is 4.69. The number of halogens is 3. The Morgan fingerprint density at radius 1 is 1.38 bits per heavy atom. The summed E-state index contributed by atoms with van der Waals surface area (Å²) in [4.78, 5) is 14.0. The Hall–Kier alpha value is -3.10. The van der Waals surface area contributed by atoms with Gasteiger partial charge in [0.25, 0.3) is 0 Å². The molecule has 2 saturated heterocycles. The molecular weight excluding hydrogens is 484 g/mol. The number of aromatic nitrogens is 2. The van der Waals surface area contributed by atoms with Gasteiger partial charge in [-0.3, -0.25) is 4.84 Å². The molecule has 2 aromatic heterocycles. The quantitative estimate of drug-likeness (QED) is 0.419. The Labute approximate surface area is 201 Å². The number of anilines is 1. The van der Waals surface area contributed by atoms with Crippen molar-refractivity contribution in [3.8, 4) is 23.2 Å². The van der Waals surface area contributed by atoms with Crippen LogP contribution >= 0.6 is 22.9 Å². The third-order valence-electron chi connectivity index (χ3n) is 6.43. The Morgan fingerprint density at radius 3 is 2.97 bits per heavy atom. The maximum absolute atomic E-state index is 15.9. The number of thiophene rings is 1. The fraction of sp³-hybridized carbons (Fsp3) is 0.261. The van der Waals surface area contributed by atoms with E-state index in [1.807, 2.05) is 11.1 Å². The van der Waals surface area contributed by atoms with Crippen LogP contribution in [0.15, 0.2) is 24.4 Å². The van der Waals surface area contributed by atoms with Gasteiger partial charge in [-0.05, 0) is 30.5 Å². The van der Waals surface area contributed by atoms with Crippen LogP contribution in [-0.2, 0) is 4.84 Å². The molecule has 4 heterocycles. The van der Waals surface area contributed by atoms with Crippen molar-refractivity contribution in [3.05, 3.63) is 46.6 Å². The number of hydrogen-bond donors (Lipinski definition) is 1. The van der Waals surface area contributed by atoms with Crippen LogP contribution in [0.5, 0.6) is 6.01 Å². The molecule has 0 bridgehead atoms. The molecule has 7 nitrogen and oxygen atoms in total. The molecule has 6 rings (SSSR count). The third kappa shape index (κ3) is 3.05. The van der Waals surface area contributed by atoms with E-state index in [1.54, 1.807) is 0 Å². The molecule has 2 aliphatic heterocycles. The maximum Gasteiger partial charge on any atom is 0.317 e. The number of benzene rings is 2. The van der Waals surface area contributed by atoms with Crippen LogP contribution in [0.25, 0.3) is 32.1 Å². The van der Waals surface area contributed by atoms with Crippen LogP contribution in [-0.4, -0.2) is 40.3 Å². The monoisotopic (exact) mass is 499 g/mol. The second-order valence-electron chi connectivity index (χ2n) is 8.38. The minimum absolute atomic E-state index is 0.00562. The van der Waals surface area contributed by atoms with E-state index in [1.165, 1.54) is 24.4 Å². The highest BCUT2D eigenvalue weighted by atomic mass is 35.5. The molecule has 172 valence electrons. The standard InChI is InChI=1S/C23H16ClF2N5O2S/c24-14-6-11-8-29-22(32-9-23-4-1-5-31(23)33-10-23)30-19(11)18(26)17(14)12-2-3-15(25)20-16(12)13(7-27)21(28)34-20/h2-3,6,8H,1,4-5,9-10,28H2. The van der Waals surface area contributed by atoms with E-state index in [-0.39, 0.29) is 53.9 Å². The second kappa shape index (κ2) is 7.71. The van der Waals surface area contributed by atoms with Gasteiger partial charge in [0.2, 0.25) is 0 Å². The number of rotatable bonds is 4. The van der Waals surface area contributed by atoms with E-state index in [0.717, 1.165) is 30.7 Å². The van der Waals surface area contributed by atoms with Gasteiger partial charge in [0.05, 0.1) is 21.9 Å². The molecule has 0 spiro atoms. The molecule has 2 aliphatic rings. The summed E-state index contributed by atoms with van der Waals surface area (Å²) >= 11 is 7.40. The van der Waals surface area contributed by atoms with Crippen LogP contribution in [0.3, 0.4) is 0 Å². The van der Waals surface area contributed by atoms with Crippen molar-refractivity contribution in [2.45, 2.75) is 18.4 Å². The topological polar surface area (TPSA) is 97.3 Å². The second-order valence-corrected chi connectivity index (χ2v) is 9.84. The van der Waals surface area contributed by atoms with Crippen molar-refractivity contribution in [3.63, 3.8) is 0 Å². The van der Waals surface area contributed by atoms with Crippen LogP contribution in [0, 0.1) is 23.0 Å². The molecule has 11 heteroatoms. The zero-order valence-electron chi connectivity index (χ0n) is 17.6. The van der Waals surface area contributed by atoms with Crippen molar-refractivity contribution in [2.75, 3.05) is 25.5 Å². The van der Waals surface area contributed by atoms with Gasteiger partial charge < -0.3 is 10.5 Å². The van der Waals surface area contributed by atoms with Gasteiger partial charge in [-0.15, -0.1) is 11.3 Å². The molecule has 2 N–H and O–H groups in total. The van der Waals surface area contributed by atoms with Gasteiger partial charge in [0.1, 0.15) is 34.6 Å². The molecular formula is C23H16ClF2N5O2S. The number of ether oxygens (including phenoxy) is 1. The van der Waals surface area contributed by atoms with Crippen LogP contribution in [0.1, 0.15) is 18.4 Å². The lowest BCUT2D eigenvalue weighted by atomic mass is 9.97. The van der Waals surface area contributed by atoms with Gasteiger partial charge in [0.15, 0.2) is 5.82 Å². The summed E-state index contributed by atoms with van der Waals surface area (Å²) in [7, 11) is 0. The van der Waals surface area contributed by atoms with Crippen LogP contribution in [0.2, 0.25) is 5.02 Å². The summed E-state index contributed by atoms with van der Waals surface area (Å²) in [6, 6.07) is 6.16. The van der Waals surface area contributed by atoms with Gasteiger partial charge in [-0.1, -0.05) is 17.7 Å². The Morgan fingerprint density at radius 2 is 2.24 bits per heavy atom. The average Bonchev–Trinajstić information content (AvgIpc) is 3.30. The first-order chi connectivity index (χ1) is 16.4. The van der Waals surface area contributed by atoms with Crippen molar-refractivity contribution < 1.29 is 18.4 Å². The summed E-state index contributed by atoms with van der Waals surface area (Å²) in [5, 5.41) is 12.3. The number of fused-ring (bicyclic) bond motifs is 3. The number of nitriles is 1. The Kier molecular flexibility index (Phi) is 4.86. The molecule has 2 aromatic carbocycles. The highest BCUT2D eigenvalue weighted by molar-refractivity contribution is 7.23. The lowest BCUT2D eigenvalue weighted by molar-refractivity contribution is -0.325. The molecule has 1 unspecified atom stereocenters. The van der Waals surface area contributed by atoms with Crippen LogP contribution < -0.4 is 10.5 Å². The summed E-state index contributed by atoms with van der Waals surface area (Å²) in [6.07, 6.45) is 3.41. The minimum Gasteiger partial charge on any atom is -0.461 e. The molecule has 4 aromatic rings. The van der Waals surface area contributed by atoms with Crippen molar-refractivity contribution in [2.24, 2.45) is 0 Å². The van der Waals surface area contributed by atoms with Crippen molar-refractivity contribution in [1.82, 2.24) is 15.0 Å². The van der Waals surface area contributed by atoms with E-state index >= 15 is 4.39 Å². The number of hydroxylamine groups is 2. The normalized spacial score (nSPS) is 19.8. The zero-order chi connectivity index (χ0) is 23.6. The predicted molar refractivity (Wildman–Crippen MR) is 125 cm³/mol. The SMILES string of the molecule is N#Cc1c(N)sc2c(F)ccc(-c3c(Cl)cc4cnc(OCC56CCCN5OC6)nc4c3F)c12. The van der Waals surface area contributed by atoms with E-state index in [0.29, 0.717) is 18.6 Å². The molecule has 0 radical (unpaired) electrons. The number of nitrogen functional groups attached to an aromatic ring is 1. The summed E-state index contributed by atoms with van der Waals surface area (Å²) in [6.45, 7) is 1.75. The highest BCUT2D eigenvalue weighted by Crippen LogP contribution is 2.45. The lowest BCUT2D eigenvalue weighted by Gasteiger charge is -2.45. The third-order valence-corrected chi connectivity index (χ3v) is 7.76. The number of hydrogen-bond acceptors (Lipinski definition) is 8. The van der Waals surface area contributed by atoms with Crippen molar-refractivity contribution >= 4 is 48.9 Å². The summed E-state index contributed by atoms with van der Waals surface area (Å²) in [5.41, 5.74) is 6.10. The van der Waals surface area contributed by atoms with Gasteiger partial charge >= 0.3 is 6.01 Å². The molecule has 0 saturated carbocycles. The fourth-order valence-corrected chi connectivity index (χ4v) is 5.94. The van der Waals surface area contributed by atoms with E-state index in [2.05, 4.69) is 9.97 Å². The summed E-state index contributed by atoms with van der Waals surface area (Å²) < 4.78 is 36.3. The lowest BCUT2D eigenvalue weighted by Crippen LogP contribution is -2.61. The highest BCUT2D eigenvalue weighted by Gasteiger charge is 2.51. The summed E-state index contributed by atoms with van der Waals surface area (Å²) in [5.74, 6) is -1.27. The van der Waals surface area contributed by atoms with E-state index in [9.17, 15) is 9.65 Å². The Balaban J connectivity index is 1.46. The molecule has 0 amide bonds. The molecule has 0 aliphatic carbocycles. The first-order valence-electron chi connectivity index (χ1n) is 10.5. The smallest absolute Gasteiger partial charge is 0.317 e. The zero-order valence-corrected chi connectivity index (χ0v) is 19.1. The number of nitrogens with zero attached hydrogens (tertiary/aromatic N) is 4. The van der Waals surface area contributed by atoms with Gasteiger partial charge in [-0.25, -0.2) is 13.8 Å². The Bertz CT molecular complexity index is 1540. The van der Waals surface area contributed by atoms with Crippen LogP contribution in [0.4, 0.5) is 13.8 Å². The number of nitrogens with two attached hydrogens (primary N) is 1. The predicted octanol–water partition coefficient (Wildman–Crippen LogP) is 5.06.